The Bertz CT molecular complexity index is 447. The van der Waals surface area contributed by atoms with Crippen LogP contribution < -0.4 is 0 Å². The predicted octanol–water partition coefficient (Wildman–Crippen LogP) is 3.41. The van der Waals surface area contributed by atoms with Crippen LogP contribution in [-0.4, -0.2) is 4.58 Å². The maximum absolute atomic E-state index is 5.76. The van der Waals surface area contributed by atoms with E-state index in [9.17, 15) is 0 Å². The Labute approximate surface area is 98.1 Å². The maximum atomic E-state index is 5.76. The summed E-state index contributed by atoms with van der Waals surface area (Å²) in [5, 5.41) is 9.50. The zero-order valence-electron chi connectivity index (χ0n) is 8.61. The van der Waals surface area contributed by atoms with Crippen LogP contribution in [0.1, 0.15) is 23.7 Å². The second-order valence-corrected chi connectivity index (χ2v) is 4.46. The molecule has 1 aromatic carbocycles. The van der Waals surface area contributed by atoms with Crippen molar-refractivity contribution in [3.63, 3.8) is 0 Å². The van der Waals surface area contributed by atoms with Gasteiger partial charge in [-0.25, -0.2) is 4.84 Å². The molecule has 1 aromatic rings. The molecule has 0 saturated heterocycles. The summed E-state index contributed by atoms with van der Waals surface area (Å²) < 4.78 is 1.47. The van der Waals surface area contributed by atoms with Crippen LogP contribution in [-0.2, 0) is 11.3 Å². The number of hydrogen-bond donors (Lipinski definition) is 0. The lowest BCUT2D eigenvalue weighted by Gasteiger charge is -2.19. The normalized spacial score (nSPS) is 22.5. The zero-order valence-corrected chi connectivity index (χ0v) is 9.43. The number of aryl methyl sites for hydroxylation is 1. The molecule has 1 aliphatic carbocycles. The van der Waals surface area contributed by atoms with Gasteiger partial charge >= 0.3 is 0 Å². The molecule has 0 spiro atoms. The third-order valence-electron chi connectivity index (χ3n) is 2.70. The van der Waals surface area contributed by atoms with Gasteiger partial charge in [-0.05, 0) is 29.2 Å². The van der Waals surface area contributed by atoms with Crippen LogP contribution in [0.15, 0.2) is 46.2 Å². The van der Waals surface area contributed by atoms with Gasteiger partial charge in [0.25, 0.3) is 0 Å². The van der Waals surface area contributed by atoms with Gasteiger partial charge in [0.05, 0.1) is 6.20 Å². The van der Waals surface area contributed by atoms with E-state index in [1.165, 1.54) is 27.7 Å². The van der Waals surface area contributed by atoms with Gasteiger partial charge in [-0.2, -0.15) is 0 Å². The summed E-state index contributed by atoms with van der Waals surface area (Å²) in [4.78, 5) is 5.76. The van der Waals surface area contributed by atoms with Crippen molar-refractivity contribution in [3.05, 3.63) is 47.0 Å². The molecule has 1 unspecified atom stereocenters. The molecule has 5 heteroatoms. The van der Waals surface area contributed by atoms with Crippen molar-refractivity contribution in [1.82, 2.24) is 4.58 Å². The predicted molar refractivity (Wildman–Crippen MR) is 62.0 cm³/mol. The summed E-state index contributed by atoms with van der Waals surface area (Å²) in [5.74, 6) is 0. The number of benzene rings is 1. The van der Waals surface area contributed by atoms with Crippen LogP contribution >= 0.6 is 11.9 Å². The standard InChI is InChI=1S/C11H11N3OS/c1-2-4-10-9(3-1)5-6-11(10)15-14-13-12-7-8-16-14/h1-4,7-8,11H,5-6H2. The molecule has 0 bridgehead atoms. The van der Waals surface area contributed by atoms with E-state index >= 15 is 0 Å². The van der Waals surface area contributed by atoms with Crippen LogP contribution in [0.4, 0.5) is 0 Å². The van der Waals surface area contributed by atoms with E-state index in [1.54, 1.807) is 6.20 Å². The van der Waals surface area contributed by atoms with Gasteiger partial charge in [-0.15, -0.1) is 5.11 Å². The molecule has 4 nitrogen and oxygen atoms in total. The fourth-order valence-corrected chi connectivity index (χ4v) is 2.43. The molecule has 1 aliphatic heterocycles. The molecule has 0 amide bonds. The van der Waals surface area contributed by atoms with E-state index in [4.69, 9.17) is 4.84 Å². The van der Waals surface area contributed by atoms with Crippen LogP contribution in [0.3, 0.4) is 0 Å². The molecule has 16 heavy (non-hydrogen) atoms. The van der Waals surface area contributed by atoms with Crippen LogP contribution in [0.5, 0.6) is 0 Å². The third kappa shape index (κ3) is 1.83. The molecule has 0 radical (unpaired) electrons. The highest BCUT2D eigenvalue weighted by atomic mass is 32.2. The largest absolute Gasteiger partial charge is 0.237 e. The summed E-state index contributed by atoms with van der Waals surface area (Å²) >= 11 is 1.39. The molecule has 1 heterocycles. The van der Waals surface area contributed by atoms with E-state index in [0.717, 1.165) is 12.8 Å². The molecule has 1 atom stereocenters. The summed E-state index contributed by atoms with van der Waals surface area (Å²) in [6.45, 7) is 0. The van der Waals surface area contributed by atoms with Gasteiger partial charge in [0.2, 0.25) is 0 Å². The molecule has 0 saturated carbocycles. The van der Waals surface area contributed by atoms with Gasteiger partial charge in [-0.3, -0.25) is 0 Å². The van der Waals surface area contributed by atoms with E-state index in [0.29, 0.717) is 0 Å². The van der Waals surface area contributed by atoms with Crippen LogP contribution in [0.2, 0.25) is 0 Å². The van der Waals surface area contributed by atoms with E-state index in [1.807, 2.05) is 11.5 Å². The highest BCUT2D eigenvalue weighted by molar-refractivity contribution is 7.99. The Morgan fingerprint density at radius 2 is 2.31 bits per heavy atom. The zero-order chi connectivity index (χ0) is 10.8. The van der Waals surface area contributed by atoms with Crippen molar-refractivity contribution in [3.8, 4) is 0 Å². The quantitative estimate of drug-likeness (QED) is 0.734. The minimum Gasteiger partial charge on any atom is -0.237 e. The molecular weight excluding hydrogens is 222 g/mol. The maximum Gasteiger partial charge on any atom is 0.114 e. The highest BCUT2D eigenvalue weighted by Crippen LogP contribution is 2.36. The van der Waals surface area contributed by atoms with Gasteiger partial charge < -0.3 is 0 Å². The number of hydrogen-bond acceptors (Lipinski definition) is 5. The average molecular weight is 233 g/mol. The Hall–Kier alpha value is -1.33. The topological polar surface area (TPSA) is 37.2 Å². The summed E-state index contributed by atoms with van der Waals surface area (Å²) in [5.41, 5.74) is 2.65. The van der Waals surface area contributed by atoms with Gasteiger partial charge in [0.15, 0.2) is 0 Å². The fourth-order valence-electron chi connectivity index (χ4n) is 1.98. The first-order valence-corrected chi connectivity index (χ1v) is 6.04. The van der Waals surface area contributed by atoms with Gasteiger partial charge in [0, 0.05) is 17.4 Å². The second kappa shape index (κ2) is 4.27. The third-order valence-corrected chi connectivity index (χ3v) is 3.28. The molecular formula is C11H11N3OS. The Morgan fingerprint density at radius 3 is 3.19 bits per heavy atom. The highest BCUT2D eigenvalue weighted by Gasteiger charge is 2.25. The minimum atomic E-state index is 0.106. The van der Waals surface area contributed by atoms with Gasteiger partial charge in [-0.1, -0.05) is 28.8 Å². The van der Waals surface area contributed by atoms with Crippen molar-refractivity contribution in [2.24, 2.45) is 10.3 Å². The Balaban J connectivity index is 1.73. The second-order valence-electron chi connectivity index (χ2n) is 3.66. The van der Waals surface area contributed by atoms with E-state index in [-0.39, 0.29) is 6.10 Å². The molecule has 82 valence electrons. The van der Waals surface area contributed by atoms with Gasteiger partial charge in [0.1, 0.15) is 6.10 Å². The van der Waals surface area contributed by atoms with Crippen molar-refractivity contribution < 1.29 is 4.84 Å². The van der Waals surface area contributed by atoms with Crippen LogP contribution in [0.25, 0.3) is 0 Å². The Morgan fingerprint density at radius 1 is 1.38 bits per heavy atom. The first kappa shape index (κ1) is 9.86. The van der Waals surface area contributed by atoms with E-state index < -0.39 is 0 Å². The summed E-state index contributed by atoms with van der Waals surface area (Å²) in [6.07, 6.45) is 3.84. The van der Waals surface area contributed by atoms with Crippen molar-refractivity contribution in [2.75, 3.05) is 0 Å². The first-order valence-electron chi connectivity index (χ1n) is 5.21. The Kier molecular flexibility index (Phi) is 2.63. The monoisotopic (exact) mass is 233 g/mol. The molecule has 0 aromatic heterocycles. The fraction of sp³-hybridized carbons (Fsp3) is 0.273. The molecule has 0 fully saturated rings. The lowest BCUT2D eigenvalue weighted by molar-refractivity contribution is -0.131. The van der Waals surface area contributed by atoms with Crippen molar-refractivity contribution in [1.29, 1.82) is 0 Å². The number of nitrogens with zero attached hydrogens (tertiary/aromatic N) is 3. The number of fused-ring (bicyclic) bond motifs is 1. The SMILES string of the molecule is C1=CSN(OC2CCc3ccccc32)N=N1. The lowest BCUT2D eigenvalue weighted by atomic mass is 10.1. The van der Waals surface area contributed by atoms with Crippen molar-refractivity contribution >= 4 is 11.9 Å². The van der Waals surface area contributed by atoms with Crippen LogP contribution in [0, 0.1) is 0 Å². The summed E-state index contributed by atoms with van der Waals surface area (Å²) in [7, 11) is 0. The number of rotatable bonds is 2. The smallest absolute Gasteiger partial charge is 0.114 e. The molecule has 2 aliphatic rings. The average Bonchev–Trinajstić information content (AvgIpc) is 2.74. The van der Waals surface area contributed by atoms with E-state index in [2.05, 4.69) is 28.5 Å². The summed E-state index contributed by atoms with van der Waals surface area (Å²) in [6, 6.07) is 8.39. The molecule has 3 rings (SSSR count). The van der Waals surface area contributed by atoms with Crippen molar-refractivity contribution in [2.45, 2.75) is 18.9 Å². The lowest BCUT2D eigenvalue weighted by Crippen LogP contribution is -2.12. The molecule has 0 N–H and O–H groups in total. The minimum absolute atomic E-state index is 0.106. The first-order chi connectivity index (χ1) is 7.93.